The number of furan rings is 1. The van der Waals surface area contributed by atoms with Gasteiger partial charge in [-0.05, 0) is 49.7 Å². The molecule has 1 aromatic heterocycles. The van der Waals surface area contributed by atoms with Crippen molar-refractivity contribution in [1.82, 2.24) is 5.32 Å². The van der Waals surface area contributed by atoms with Gasteiger partial charge in [-0.15, -0.1) is 0 Å². The van der Waals surface area contributed by atoms with Crippen molar-refractivity contribution in [3.63, 3.8) is 0 Å². The van der Waals surface area contributed by atoms with Gasteiger partial charge < -0.3 is 9.73 Å². The molecule has 4 heteroatoms. The molecule has 0 aliphatic rings. The minimum absolute atomic E-state index is 0.262. The summed E-state index contributed by atoms with van der Waals surface area (Å²) in [6.07, 6.45) is 2.11. The molecule has 0 aliphatic heterocycles. The molecular formula is C16H19BrClNO. The van der Waals surface area contributed by atoms with E-state index >= 15 is 0 Å². The quantitative estimate of drug-likeness (QED) is 0.706. The maximum atomic E-state index is 6.26. The van der Waals surface area contributed by atoms with Gasteiger partial charge in [-0.25, -0.2) is 0 Å². The lowest BCUT2D eigenvalue weighted by Gasteiger charge is -2.13. The first-order chi connectivity index (χ1) is 9.65. The summed E-state index contributed by atoms with van der Waals surface area (Å²) in [5, 5.41) is 4.18. The molecule has 0 fully saturated rings. The smallest absolute Gasteiger partial charge is 0.135 e. The average Bonchev–Trinajstić information content (AvgIpc) is 2.89. The van der Waals surface area contributed by atoms with Gasteiger partial charge >= 0.3 is 0 Å². The van der Waals surface area contributed by atoms with Gasteiger partial charge in [0.25, 0.3) is 0 Å². The van der Waals surface area contributed by atoms with Crippen LogP contribution in [-0.4, -0.2) is 6.54 Å². The molecule has 0 aliphatic carbocycles. The number of hydrogen-bond acceptors (Lipinski definition) is 2. The molecule has 0 saturated carbocycles. The summed E-state index contributed by atoms with van der Waals surface area (Å²) in [6, 6.07) is 10.1. The Labute approximate surface area is 133 Å². The Morgan fingerprint density at radius 1 is 1.25 bits per heavy atom. The van der Waals surface area contributed by atoms with E-state index in [4.69, 9.17) is 16.0 Å². The fourth-order valence-corrected chi connectivity index (χ4v) is 2.91. The molecule has 2 nitrogen and oxygen atoms in total. The van der Waals surface area contributed by atoms with Gasteiger partial charge in [0, 0.05) is 10.0 Å². The Morgan fingerprint density at radius 3 is 2.70 bits per heavy atom. The second kappa shape index (κ2) is 7.30. The standard InChI is InChI=1S/C16H19BrClNO/c1-3-9-19-14(4-2)16-8-7-15(20-16)12-6-5-11(17)10-13(12)18/h5-8,10,14,19H,3-4,9H2,1-2H3. The predicted molar refractivity (Wildman–Crippen MR) is 88.2 cm³/mol. The van der Waals surface area contributed by atoms with Gasteiger partial charge in [-0.1, -0.05) is 41.4 Å². The van der Waals surface area contributed by atoms with Crippen LogP contribution in [0.5, 0.6) is 0 Å². The average molecular weight is 357 g/mol. The van der Waals surface area contributed by atoms with E-state index in [-0.39, 0.29) is 6.04 Å². The van der Waals surface area contributed by atoms with Gasteiger partial charge in [-0.2, -0.15) is 0 Å². The van der Waals surface area contributed by atoms with Crippen LogP contribution < -0.4 is 5.32 Å². The predicted octanol–water partition coefficient (Wildman–Crippen LogP) is 5.81. The van der Waals surface area contributed by atoms with Crippen molar-refractivity contribution in [3.8, 4) is 11.3 Å². The summed E-state index contributed by atoms with van der Waals surface area (Å²) in [7, 11) is 0. The molecule has 2 aromatic rings. The highest BCUT2D eigenvalue weighted by Gasteiger charge is 2.15. The maximum absolute atomic E-state index is 6.26. The third-order valence-electron chi connectivity index (χ3n) is 3.22. The van der Waals surface area contributed by atoms with Gasteiger partial charge in [0.2, 0.25) is 0 Å². The van der Waals surface area contributed by atoms with Crippen molar-refractivity contribution in [3.05, 3.63) is 45.6 Å². The van der Waals surface area contributed by atoms with Gasteiger partial charge in [0.1, 0.15) is 11.5 Å². The zero-order chi connectivity index (χ0) is 14.5. The summed E-state index contributed by atoms with van der Waals surface area (Å²) < 4.78 is 6.94. The summed E-state index contributed by atoms with van der Waals surface area (Å²) in [6.45, 7) is 5.31. The monoisotopic (exact) mass is 355 g/mol. The zero-order valence-electron chi connectivity index (χ0n) is 11.7. The fourth-order valence-electron chi connectivity index (χ4n) is 2.14. The first-order valence-corrected chi connectivity index (χ1v) is 8.11. The van der Waals surface area contributed by atoms with Gasteiger partial charge in [0.15, 0.2) is 0 Å². The summed E-state index contributed by atoms with van der Waals surface area (Å²) in [4.78, 5) is 0. The first-order valence-electron chi connectivity index (χ1n) is 6.94. The van der Waals surface area contributed by atoms with Crippen molar-refractivity contribution in [1.29, 1.82) is 0 Å². The molecule has 108 valence electrons. The third-order valence-corrected chi connectivity index (χ3v) is 4.02. The zero-order valence-corrected chi connectivity index (χ0v) is 14.1. The van der Waals surface area contributed by atoms with E-state index in [1.54, 1.807) is 0 Å². The minimum atomic E-state index is 0.262. The highest BCUT2D eigenvalue weighted by Crippen LogP contribution is 2.33. The van der Waals surface area contributed by atoms with E-state index in [2.05, 4.69) is 35.1 Å². The molecule has 20 heavy (non-hydrogen) atoms. The molecule has 0 amide bonds. The van der Waals surface area contributed by atoms with Crippen LogP contribution in [0.2, 0.25) is 5.02 Å². The van der Waals surface area contributed by atoms with E-state index in [1.165, 1.54) is 0 Å². The van der Waals surface area contributed by atoms with Crippen LogP contribution in [0.15, 0.2) is 39.2 Å². The van der Waals surface area contributed by atoms with E-state index in [0.29, 0.717) is 5.02 Å². The minimum Gasteiger partial charge on any atom is -0.459 e. The second-order valence-corrected chi connectivity index (χ2v) is 6.06. The Bertz CT molecular complexity index is 567. The Balaban J connectivity index is 2.23. The van der Waals surface area contributed by atoms with Crippen LogP contribution >= 0.6 is 27.5 Å². The topological polar surface area (TPSA) is 25.2 Å². The molecule has 1 aromatic carbocycles. The van der Waals surface area contributed by atoms with Gasteiger partial charge in [0.05, 0.1) is 11.1 Å². The normalized spacial score (nSPS) is 12.6. The molecule has 1 atom stereocenters. The highest BCUT2D eigenvalue weighted by molar-refractivity contribution is 9.10. The van der Waals surface area contributed by atoms with Crippen LogP contribution in [0.25, 0.3) is 11.3 Å². The van der Waals surface area contributed by atoms with Crippen LogP contribution in [0.4, 0.5) is 0 Å². The molecule has 0 spiro atoms. The molecule has 1 unspecified atom stereocenters. The Kier molecular flexibility index (Phi) is 5.70. The summed E-state index contributed by atoms with van der Waals surface area (Å²) in [5.41, 5.74) is 0.923. The van der Waals surface area contributed by atoms with Crippen molar-refractivity contribution in [2.24, 2.45) is 0 Å². The largest absolute Gasteiger partial charge is 0.459 e. The maximum Gasteiger partial charge on any atom is 0.135 e. The van der Waals surface area contributed by atoms with Crippen molar-refractivity contribution in [2.45, 2.75) is 32.7 Å². The van der Waals surface area contributed by atoms with E-state index < -0.39 is 0 Å². The first kappa shape index (κ1) is 15.6. The summed E-state index contributed by atoms with van der Waals surface area (Å²) in [5.74, 6) is 1.78. The van der Waals surface area contributed by atoms with Crippen LogP contribution in [0.1, 0.15) is 38.5 Å². The molecule has 0 bridgehead atoms. The second-order valence-electron chi connectivity index (χ2n) is 4.74. The van der Waals surface area contributed by atoms with Crippen LogP contribution in [-0.2, 0) is 0 Å². The lowest BCUT2D eigenvalue weighted by molar-refractivity contribution is 0.411. The molecule has 1 heterocycles. The van der Waals surface area contributed by atoms with Crippen LogP contribution in [0.3, 0.4) is 0 Å². The molecule has 2 rings (SSSR count). The molecular weight excluding hydrogens is 338 g/mol. The Morgan fingerprint density at radius 2 is 2.05 bits per heavy atom. The van der Waals surface area contributed by atoms with E-state index in [9.17, 15) is 0 Å². The van der Waals surface area contributed by atoms with Crippen molar-refractivity contribution >= 4 is 27.5 Å². The van der Waals surface area contributed by atoms with Crippen molar-refractivity contribution < 1.29 is 4.42 Å². The van der Waals surface area contributed by atoms with Gasteiger partial charge in [-0.3, -0.25) is 0 Å². The van der Waals surface area contributed by atoms with E-state index in [0.717, 1.165) is 40.9 Å². The SMILES string of the molecule is CCCNC(CC)c1ccc(-c2ccc(Br)cc2Cl)o1. The fraction of sp³-hybridized carbons (Fsp3) is 0.375. The third kappa shape index (κ3) is 3.66. The highest BCUT2D eigenvalue weighted by atomic mass is 79.9. The van der Waals surface area contributed by atoms with E-state index in [1.807, 2.05) is 30.3 Å². The number of halogens is 2. The Hall–Kier alpha value is -0.770. The lowest BCUT2D eigenvalue weighted by atomic mass is 10.1. The molecule has 1 N–H and O–H groups in total. The van der Waals surface area contributed by atoms with Crippen molar-refractivity contribution in [2.75, 3.05) is 6.54 Å². The number of rotatable bonds is 6. The number of hydrogen-bond donors (Lipinski definition) is 1. The molecule has 0 radical (unpaired) electrons. The van der Waals surface area contributed by atoms with Crippen LogP contribution in [0, 0.1) is 0 Å². The molecule has 0 saturated heterocycles. The summed E-state index contributed by atoms with van der Waals surface area (Å²) >= 11 is 9.68. The number of nitrogens with one attached hydrogen (secondary N) is 1. The number of benzene rings is 1. The lowest BCUT2D eigenvalue weighted by Crippen LogP contribution is -2.20.